The van der Waals surface area contributed by atoms with Crippen molar-refractivity contribution in [2.24, 2.45) is 5.11 Å². The predicted octanol–water partition coefficient (Wildman–Crippen LogP) is 3.75. The van der Waals surface area contributed by atoms with Crippen LogP contribution in [0.4, 0.5) is 0 Å². The van der Waals surface area contributed by atoms with Crippen molar-refractivity contribution in [3.05, 3.63) is 46.3 Å². The van der Waals surface area contributed by atoms with Gasteiger partial charge >= 0.3 is 0 Å². The van der Waals surface area contributed by atoms with E-state index in [0.717, 1.165) is 0 Å². The summed E-state index contributed by atoms with van der Waals surface area (Å²) in [5, 5.41) is 3.86. The van der Waals surface area contributed by atoms with Gasteiger partial charge in [0.05, 0.1) is 5.88 Å². The Morgan fingerprint density at radius 1 is 1.46 bits per heavy atom. The first-order chi connectivity index (χ1) is 6.34. The molecule has 0 spiro atoms. The lowest BCUT2D eigenvalue weighted by Crippen LogP contribution is -1.87. The van der Waals surface area contributed by atoms with Gasteiger partial charge in [0.15, 0.2) is 0 Å². The first-order valence-corrected chi connectivity index (χ1v) is 5.07. The van der Waals surface area contributed by atoms with Gasteiger partial charge in [-0.1, -0.05) is 35.4 Å². The van der Waals surface area contributed by atoms with E-state index in [-0.39, 0.29) is 0 Å². The summed E-state index contributed by atoms with van der Waals surface area (Å²) in [4.78, 5) is 2.71. The second-order valence-corrected chi connectivity index (χ2v) is 3.88. The van der Waals surface area contributed by atoms with E-state index in [2.05, 4.69) is 29.1 Å². The van der Waals surface area contributed by atoms with Crippen LogP contribution in [-0.2, 0) is 0 Å². The van der Waals surface area contributed by atoms with Crippen LogP contribution in [0.25, 0.3) is 10.4 Å². The van der Waals surface area contributed by atoms with Crippen LogP contribution in [0, 0.1) is 0 Å². The largest absolute Gasteiger partial charge is 0.148 e. The molecule has 0 fully saturated rings. The van der Waals surface area contributed by atoms with Crippen LogP contribution in [0.2, 0.25) is 0 Å². The van der Waals surface area contributed by atoms with Crippen LogP contribution in [0.15, 0.2) is 35.4 Å². The number of hydrogen-bond donors (Lipinski definition) is 0. The molecular weight excluding hydrogens is 182 g/mol. The maximum absolute atomic E-state index is 8.09. The van der Waals surface area contributed by atoms with E-state index < -0.39 is 0 Å². The van der Waals surface area contributed by atoms with Crippen molar-refractivity contribution < 1.29 is 0 Å². The zero-order valence-corrected chi connectivity index (χ0v) is 8.24. The quantitative estimate of drug-likeness (QED) is 0.408. The Hall–Kier alpha value is -1.12. The Morgan fingerprint density at radius 3 is 2.77 bits per heavy atom. The maximum atomic E-state index is 8.09. The zero-order valence-electron chi connectivity index (χ0n) is 7.42. The van der Waals surface area contributed by atoms with Gasteiger partial charge in [0.2, 0.25) is 0 Å². The van der Waals surface area contributed by atoms with Crippen molar-refractivity contribution in [1.82, 2.24) is 0 Å². The van der Waals surface area contributed by atoms with Crippen molar-refractivity contribution in [1.29, 1.82) is 0 Å². The molecule has 3 nitrogen and oxygen atoms in total. The van der Waals surface area contributed by atoms with E-state index in [1.54, 1.807) is 11.8 Å². The topological polar surface area (TPSA) is 48.8 Å². The van der Waals surface area contributed by atoms with Crippen LogP contribution >= 0.6 is 11.8 Å². The SMILES string of the molecule is CC(SCN=[N+]=[N-])c1ccccc1. The molecule has 0 aromatic heterocycles. The van der Waals surface area contributed by atoms with E-state index in [1.165, 1.54) is 5.56 Å². The van der Waals surface area contributed by atoms with Gasteiger partial charge in [0.1, 0.15) is 0 Å². The molecule has 1 rings (SSSR count). The van der Waals surface area contributed by atoms with Crippen molar-refractivity contribution in [2.75, 3.05) is 5.88 Å². The first-order valence-electron chi connectivity index (χ1n) is 4.02. The molecule has 0 amide bonds. The van der Waals surface area contributed by atoms with Crippen LogP contribution < -0.4 is 0 Å². The molecule has 13 heavy (non-hydrogen) atoms. The number of hydrogen-bond acceptors (Lipinski definition) is 2. The molecule has 0 saturated heterocycles. The number of thioether (sulfide) groups is 1. The van der Waals surface area contributed by atoms with E-state index >= 15 is 0 Å². The molecule has 0 bridgehead atoms. The third kappa shape index (κ3) is 3.40. The minimum absolute atomic E-state index is 0.381. The molecule has 0 N–H and O–H groups in total. The summed E-state index contributed by atoms with van der Waals surface area (Å²) in [5.74, 6) is 0.493. The second-order valence-electron chi connectivity index (χ2n) is 2.58. The molecule has 0 aliphatic heterocycles. The molecule has 1 aromatic carbocycles. The van der Waals surface area contributed by atoms with Gasteiger partial charge < -0.3 is 0 Å². The Bertz CT molecular complexity index is 293. The van der Waals surface area contributed by atoms with Gasteiger partial charge in [-0.3, -0.25) is 0 Å². The van der Waals surface area contributed by atoms with Gasteiger partial charge in [-0.25, -0.2) is 0 Å². The summed E-state index contributed by atoms with van der Waals surface area (Å²) < 4.78 is 0. The molecule has 1 unspecified atom stereocenters. The minimum Gasteiger partial charge on any atom is -0.148 e. The summed E-state index contributed by atoms with van der Waals surface area (Å²) in [6.45, 7) is 2.10. The first kappa shape index (κ1) is 9.96. The van der Waals surface area contributed by atoms with Crippen LogP contribution in [0.1, 0.15) is 17.7 Å². The Balaban J connectivity index is 2.48. The van der Waals surface area contributed by atoms with Crippen molar-refractivity contribution in [3.8, 4) is 0 Å². The van der Waals surface area contributed by atoms with Gasteiger partial charge in [-0.2, -0.15) is 0 Å². The van der Waals surface area contributed by atoms with Gasteiger partial charge in [0.25, 0.3) is 0 Å². The number of nitrogens with zero attached hydrogens (tertiary/aromatic N) is 3. The third-order valence-corrected chi connectivity index (χ3v) is 2.75. The normalized spacial score (nSPS) is 11.8. The molecule has 0 saturated carbocycles. The van der Waals surface area contributed by atoms with Gasteiger partial charge in [-0.05, 0) is 18.0 Å². The highest BCUT2D eigenvalue weighted by Gasteiger charge is 2.02. The fourth-order valence-corrected chi connectivity index (χ4v) is 1.68. The summed E-state index contributed by atoms with van der Waals surface area (Å²) in [6.07, 6.45) is 0. The molecular formula is C9H11N3S. The average molecular weight is 193 g/mol. The Labute approximate surface area is 81.8 Å². The van der Waals surface area contributed by atoms with Gasteiger partial charge in [0, 0.05) is 10.2 Å². The van der Waals surface area contributed by atoms with E-state index in [9.17, 15) is 0 Å². The van der Waals surface area contributed by atoms with E-state index in [0.29, 0.717) is 11.1 Å². The molecule has 4 heteroatoms. The lowest BCUT2D eigenvalue weighted by Gasteiger charge is -2.08. The van der Waals surface area contributed by atoms with Crippen molar-refractivity contribution in [3.63, 3.8) is 0 Å². The predicted molar refractivity (Wildman–Crippen MR) is 56.5 cm³/mol. The fraction of sp³-hybridized carbons (Fsp3) is 0.333. The highest BCUT2D eigenvalue weighted by Crippen LogP contribution is 2.27. The summed E-state index contributed by atoms with van der Waals surface area (Å²) in [6, 6.07) is 10.2. The van der Waals surface area contributed by atoms with E-state index in [4.69, 9.17) is 5.53 Å². The van der Waals surface area contributed by atoms with Crippen LogP contribution in [-0.4, -0.2) is 5.88 Å². The summed E-state index contributed by atoms with van der Waals surface area (Å²) in [7, 11) is 0. The van der Waals surface area contributed by atoms with Crippen LogP contribution in [0.5, 0.6) is 0 Å². The molecule has 0 aliphatic rings. The second kappa shape index (κ2) is 5.51. The summed E-state index contributed by atoms with van der Waals surface area (Å²) in [5.41, 5.74) is 9.36. The maximum Gasteiger partial charge on any atom is 0.0727 e. The zero-order chi connectivity index (χ0) is 9.52. The molecule has 1 atom stereocenters. The van der Waals surface area contributed by atoms with Crippen molar-refractivity contribution >= 4 is 11.8 Å². The molecule has 0 aliphatic carbocycles. The summed E-state index contributed by atoms with van der Waals surface area (Å²) >= 11 is 1.63. The number of rotatable bonds is 4. The lowest BCUT2D eigenvalue weighted by atomic mass is 10.2. The number of benzene rings is 1. The van der Waals surface area contributed by atoms with Crippen molar-refractivity contribution in [2.45, 2.75) is 12.2 Å². The highest BCUT2D eigenvalue weighted by atomic mass is 32.2. The molecule has 1 aromatic rings. The molecule has 0 radical (unpaired) electrons. The third-order valence-electron chi connectivity index (χ3n) is 1.71. The standard InChI is InChI=1S/C9H11N3S/c1-8(13-7-11-12-10)9-5-3-2-4-6-9/h2-6,8H,7H2,1H3. The van der Waals surface area contributed by atoms with E-state index in [1.807, 2.05) is 18.2 Å². The molecule has 0 heterocycles. The Morgan fingerprint density at radius 2 is 2.15 bits per heavy atom. The fourth-order valence-electron chi connectivity index (χ4n) is 0.991. The minimum atomic E-state index is 0.381. The molecule has 68 valence electrons. The monoisotopic (exact) mass is 193 g/mol. The smallest absolute Gasteiger partial charge is 0.0727 e. The lowest BCUT2D eigenvalue weighted by molar-refractivity contribution is 1.09. The average Bonchev–Trinajstić information content (AvgIpc) is 2.19. The highest BCUT2D eigenvalue weighted by molar-refractivity contribution is 7.99. The Kier molecular flexibility index (Phi) is 4.23. The number of azide groups is 1. The van der Waals surface area contributed by atoms with Crippen LogP contribution in [0.3, 0.4) is 0 Å². The van der Waals surface area contributed by atoms with Gasteiger partial charge in [-0.15, -0.1) is 11.8 Å².